The first-order valence-corrected chi connectivity index (χ1v) is 11.8. The molecular formula is C20H19F3N2O4S2. The van der Waals surface area contributed by atoms with Crippen molar-refractivity contribution in [3.8, 4) is 0 Å². The molecule has 3 rings (SSSR count). The lowest BCUT2D eigenvalue weighted by molar-refractivity contribution is -0.137. The van der Waals surface area contributed by atoms with Crippen LogP contribution in [-0.4, -0.2) is 31.2 Å². The van der Waals surface area contributed by atoms with E-state index in [9.17, 15) is 31.2 Å². The van der Waals surface area contributed by atoms with Gasteiger partial charge in [-0.3, -0.25) is 9.59 Å². The number of benzene rings is 2. The van der Waals surface area contributed by atoms with Gasteiger partial charge in [-0.25, -0.2) is 8.42 Å². The number of carbonyl (C=O) groups excluding carboxylic acids is 2. The van der Waals surface area contributed by atoms with Crippen molar-refractivity contribution in [1.82, 2.24) is 0 Å². The molecule has 0 radical (unpaired) electrons. The van der Waals surface area contributed by atoms with E-state index in [0.29, 0.717) is 12.1 Å². The zero-order valence-corrected chi connectivity index (χ0v) is 18.0. The largest absolute Gasteiger partial charge is 0.416 e. The van der Waals surface area contributed by atoms with Gasteiger partial charge < -0.3 is 10.6 Å². The Labute approximate surface area is 181 Å². The maximum absolute atomic E-state index is 12.8. The van der Waals surface area contributed by atoms with Gasteiger partial charge in [0.25, 0.3) is 0 Å². The maximum atomic E-state index is 12.8. The molecule has 0 aromatic heterocycles. The number of sulfone groups is 1. The Hall–Kier alpha value is -2.53. The van der Waals surface area contributed by atoms with E-state index >= 15 is 0 Å². The monoisotopic (exact) mass is 472 g/mol. The fraction of sp³-hybridized carbons (Fsp3) is 0.300. The number of carbonyl (C=O) groups is 2. The third-order valence-electron chi connectivity index (χ3n) is 4.46. The molecule has 6 nitrogen and oxygen atoms in total. The number of alkyl halides is 3. The van der Waals surface area contributed by atoms with Gasteiger partial charge in [-0.15, -0.1) is 11.8 Å². The number of hydrogen-bond donors (Lipinski definition) is 2. The third-order valence-corrected chi connectivity index (χ3v) is 7.35. The number of nitrogens with one attached hydrogen (secondary N) is 2. The average Bonchev–Trinajstić information content (AvgIpc) is 2.81. The topological polar surface area (TPSA) is 92.3 Å². The molecular weight excluding hydrogens is 453 g/mol. The lowest BCUT2D eigenvalue weighted by Crippen LogP contribution is -2.18. The van der Waals surface area contributed by atoms with Crippen molar-refractivity contribution in [2.24, 2.45) is 0 Å². The normalized spacial score (nSPS) is 16.8. The van der Waals surface area contributed by atoms with Crippen LogP contribution >= 0.6 is 11.8 Å². The quantitative estimate of drug-likeness (QED) is 0.676. The number of rotatable bonds is 5. The second-order valence-electron chi connectivity index (χ2n) is 7.03. The van der Waals surface area contributed by atoms with Gasteiger partial charge in [0.2, 0.25) is 11.8 Å². The fourth-order valence-corrected chi connectivity index (χ4v) is 5.28. The van der Waals surface area contributed by atoms with E-state index in [4.69, 9.17) is 0 Å². The predicted molar refractivity (Wildman–Crippen MR) is 112 cm³/mol. The minimum atomic E-state index is -4.55. The SMILES string of the molecule is C[C@@H]1CC(=O)Nc2cc(S(=O)(=O)CCC(=O)Nc3cccc(C(F)(F)F)c3)ccc2S1. The van der Waals surface area contributed by atoms with E-state index in [1.54, 1.807) is 6.07 Å². The molecule has 0 saturated heterocycles. The first-order chi connectivity index (χ1) is 14.4. The van der Waals surface area contributed by atoms with Crippen molar-refractivity contribution in [1.29, 1.82) is 0 Å². The average molecular weight is 473 g/mol. The van der Waals surface area contributed by atoms with Crippen LogP contribution in [-0.2, 0) is 25.6 Å². The van der Waals surface area contributed by atoms with Crippen LogP contribution in [0, 0.1) is 0 Å². The van der Waals surface area contributed by atoms with E-state index in [1.807, 2.05) is 6.92 Å². The van der Waals surface area contributed by atoms with Crippen molar-refractivity contribution in [2.75, 3.05) is 16.4 Å². The Bertz CT molecular complexity index is 1120. The van der Waals surface area contributed by atoms with Crippen molar-refractivity contribution in [3.63, 3.8) is 0 Å². The van der Waals surface area contributed by atoms with Gasteiger partial charge in [-0.1, -0.05) is 13.0 Å². The van der Waals surface area contributed by atoms with Crippen molar-refractivity contribution in [3.05, 3.63) is 48.0 Å². The fourth-order valence-electron chi connectivity index (χ4n) is 2.97. The zero-order chi connectivity index (χ0) is 22.8. The highest BCUT2D eigenvalue weighted by Crippen LogP contribution is 2.36. The van der Waals surface area contributed by atoms with Gasteiger partial charge in [0.05, 0.1) is 21.9 Å². The Morgan fingerprint density at radius 1 is 1.23 bits per heavy atom. The van der Waals surface area contributed by atoms with Crippen LogP contribution in [0.4, 0.5) is 24.5 Å². The molecule has 31 heavy (non-hydrogen) atoms. The highest BCUT2D eigenvalue weighted by Gasteiger charge is 2.30. The summed E-state index contributed by atoms with van der Waals surface area (Å²) in [5.41, 5.74) is -0.595. The molecule has 0 unspecified atom stereocenters. The molecule has 2 N–H and O–H groups in total. The molecule has 1 aliphatic rings. The minimum absolute atomic E-state index is 0.0447. The summed E-state index contributed by atoms with van der Waals surface area (Å²) in [4.78, 5) is 24.7. The van der Waals surface area contributed by atoms with Gasteiger partial charge in [0.15, 0.2) is 9.84 Å². The highest BCUT2D eigenvalue weighted by atomic mass is 32.2. The molecule has 11 heteroatoms. The molecule has 1 heterocycles. The second-order valence-corrected chi connectivity index (χ2v) is 10.6. The molecule has 0 saturated carbocycles. The third kappa shape index (κ3) is 6.01. The van der Waals surface area contributed by atoms with E-state index in [1.165, 1.54) is 30.0 Å². The lowest BCUT2D eigenvalue weighted by atomic mass is 10.2. The molecule has 0 spiro atoms. The number of thioether (sulfide) groups is 1. The number of amides is 2. The summed E-state index contributed by atoms with van der Waals surface area (Å²) in [6.45, 7) is 1.90. The summed E-state index contributed by atoms with van der Waals surface area (Å²) < 4.78 is 63.6. The summed E-state index contributed by atoms with van der Waals surface area (Å²) in [6, 6.07) is 8.47. The lowest BCUT2D eigenvalue weighted by Gasteiger charge is -2.11. The van der Waals surface area contributed by atoms with E-state index in [0.717, 1.165) is 23.1 Å². The summed E-state index contributed by atoms with van der Waals surface area (Å²) >= 11 is 1.46. The van der Waals surface area contributed by atoms with Crippen molar-refractivity contribution in [2.45, 2.75) is 41.0 Å². The number of hydrogen-bond acceptors (Lipinski definition) is 5. The number of anilines is 2. The van der Waals surface area contributed by atoms with Crippen LogP contribution in [0.25, 0.3) is 0 Å². The smallest absolute Gasteiger partial charge is 0.326 e. The molecule has 2 amide bonds. The standard InChI is InChI=1S/C20H19F3N2O4S2/c1-12-9-19(27)25-16-11-15(5-6-17(16)30-12)31(28,29)8-7-18(26)24-14-4-2-3-13(10-14)20(21,22)23/h2-6,10-12H,7-9H2,1H3,(H,24,26)(H,25,27)/t12-/m1/s1. The minimum Gasteiger partial charge on any atom is -0.326 e. The molecule has 0 fully saturated rings. The van der Waals surface area contributed by atoms with Crippen LogP contribution in [0.3, 0.4) is 0 Å². The predicted octanol–water partition coefficient (Wildman–Crippen LogP) is 4.33. The van der Waals surface area contributed by atoms with Crippen LogP contribution < -0.4 is 10.6 Å². The second kappa shape index (κ2) is 8.91. The first kappa shape index (κ1) is 23.1. The van der Waals surface area contributed by atoms with Gasteiger partial charge in [-0.05, 0) is 36.4 Å². The zero-order valence-electron chi connectivity index (χ0n) is 16.3. The van der Waals surface area contributed by atoms with Gasteiger partial charge in [0, 0.05) is 28.7 Å². The summed E-state index contributed by atoms with van der Waals surface area (Å²) in [7, 11) is -3.86. The van der Waals surface area contributed by atoms with Crippen LogP contribution in [0.1, 0.15) is 25.3 Å². The Morgan fingerprint density at radius 3 is 2.68 bits per heavy atom. The van der Waals surface area contributed by atoms with Crippen LogP contribution in [0.15, 0.2) is 52.3 Å². The van der Waals surface area contributed by atoms with Gasteiger partial charge >= 0.3 is 6.18 Å². The van der Waals surface area contributed by atoms with E-state index < -0.39 is 39.7 Å². The molecule has 2 aromatic rings. The summed E-state index contributed by atoms with van der Waals surface area (Å²) in [5.74, 6) is -1.47. The van der Waals surface area contributed by atoms with Crippen molar-refractivity contribution < 1.29 is 31.2 Å². The van der Waals surface area contributed by atoms with Gasteiger partial charge in [0.1, 0.15) is 0 Å². The molecule has 1 atom stereocenters. The van der Waals surface area contributed by atoms with Crippen LogP contribution in [0.5, 0.6) is 0 Å². The summed E-state index contributed by atoms with van der Waals surface area (Å²) in [6.07, 6.45) is -4.69. The Morgan fingerprint density at radius 2 is 1.97 bits per heavy atom. The maximum Gasteiger partial charge on any atom is 0.416 e. The van der Waals surface area contributed by atoms with E-state index in [2.05, 4.69) is 10.6 Å². The molecule has 0 aliphatic carbocycles. The summed E-state index contributed by atoms with van der Waals surface area (Å²) in [5, 5.41) is 5.01. The van der Waals surface area contributed by atoms with E-state index in [-0.39, 0.29) is 21.7 Å². The van der Waals surface area contributed by atoms with Crippen LogP contribution in [0.2, 0.25) is 0 Å². The first-order valence-electron chi connectivity index (χ1n) is 9.24. The Balaban J connectivity index is 1.68. The molecule has 2 aromatic carbocycles. The van der Waals surface area contributed by atoms with Crippen molar-refractivity contribution >= 4 is 44.8 Å². The molecule has 0 bridgehead atoms. The number of halogens is 3. The van der Waals surface area contributed by atoms with Gasteiger partial charge in [-0.2, -0.15) is 13.2 Å². The molecule has 166 valence electrons. The highest BCUT2D eigenvalue weighted by molar-refractivity contribution is 8.00. The number of fused-ring (bicyclic) bond motifs is 1. The Kier molecular flexibility index (Phi) is 6.65. The molecule has 1 aliphatic heterocycles.